The molecule has 1 saturated heterocycles. The van der Waals surface area contributed by atoms with Gasteiger partial charge in [-0.05, 0) is 0 Å². The molecule has 2 heterocycles. The van der Waals surface area contributed by atoms with Crippen LogP contribution in [-0.2, 0) is 0 Å². The van der Waals surface area contributed by atoms with Crippen molar-refractivity contribution in [3.05, 3.63) is 6.39 Å². The van der Waals surface area contributed by atoms with Crippen molar-refractivity contribution >= 4 is 6.01 Å². The van der Waals surface area contributed by atoms with E-state index in [1.54, 1.807) is 0 Å². The first kappa shape index (κ1) is 5.67. The van der Waals surface area contributed by atoms with Crippen molar-refractivity contribution in [2.45, 2.75) is 6.04 Å². The van der Waals surface area contributed by atoms with Gasteiger partial charge in [0.15, 0.2) is 0 Å². The maximum atomic E-state index is 5.54. The summed E-state index contributed by atoms with van der Waals surface area (Å²) in [6, 6.07) is 0.841. The fourth-order valence-corrected chi connectivity index (χ4v) is 0.974. The Hall–Kier alpha value is -1.10. The second kappa shape index (κ2) is 1.95. The molecule has 2 N–H and O–H groups in total. The lowest BCUT2D eigenvalue weighted by molar-refractivity contribution is 0.449. The molecule has 2 rings (SSSR count). The van der Waals surface area contributed by atoms with Gasteiger partial charge in [-0.3, -0.25) is 0 Å². The van der Waals surface area contributed by atoms with Gasteiger partial charge in [0.25, 0.3) is 0 Å². The second-order valence-electron chi connectivity index (χ2n) is 2.39. The first-order chi connectivity index (χ1) is 4.86. The Kier molecular flexibility index (Phi) is 1.10. The van der Waals surface area contributed by atoms with E-state index >= 15 is 0 Å². The fourth-order valence-electron chi connectivity index (χ4n) is 0.974. The number of anilines is 1. The Bertz CT molecular complexity index is 203. The molecule has 1 aliphatic rings. The highest BCUT2D eigenvalue weighted by atomic mass is 16.4. The normalized spacial score (nSPS) is 19.1. The largest absolute Gasteiger partial charge is 0.411 e. The van der Waals surface area contributed by atoms with Gasteiger partial charge in [-0.15, -0.1) is 5.10 Å². The predicted octanol–water partition coefficient (Wildman–Crippen LogP) is -0.783. The van der Waals surface area contributed by atoms with Crippen LogP contribution >= 0.6 is 0 Å². The molecule has 0 amide bonds. The Morgan fingerprint density at radius 3 is 3.00 bits per heavy atom. The molecule has 1 aromatic heterocycles. The molecule has 54 valence electrons. The standard InChI is InChI=1S/C5H8N4O/c6-4-1-9(2-4)5-8-7-3-10-5/h3-4H,1-2,6H2. The maximum Gasteiger partial charge on any atom is 0.318 e. The minimum absolute atomic E-state index is 0.270. The number of hydrogen-bond donors (Lipinski definition) is 1. The molecule has 0 atom stereocenters. The van der Waals surface area contributed by atoms with E-state index in [9.17, 15) is 0 Å². The molecule has 10 heavy (non-hydrogen) atoms. The van der Waals surface area contributed by atoms with Crippen molar-refractivity contribution in [3.63, 3.8) is 0 Å². The van der Waals surface area contributed by atoms with Crippen LogP contribution in [0.3, 0.4) is 0 Å². The summed E-state index contributed by atoms with van der Waals surface area (Å²) < 4.78 is 4.93. The van der Waals surface area contributed by atoms with E-state index in [4.69, 9.17) is 10.2 Å². The molecule has 1 fully saturated rings. The Morgan fingerprint density at radius 1 is 1.70 bits per heavy atom. The molecule has 0 saturated carbocycles. The van der Waals surface area contributed by atoms with Gasteiger partial charge in [-0.25, -0.2) is 0 Å². The number of nitrogens with two attached hydrogens (primary N) is 1. The van der Waals surface area contributed by atoms with E-state index in [1.807, 2.05) is 4.90 Å². The molecule has 5 nitrogen and oxygen atoms in total. The highest BCUT2D eigenvalue weighted by molar-refractivity contribution is 5.29. The van der Waals surface area contributed by atoms with Crippen LogP contribution in [-0.4, -0.2) is 29.3 Å². The summed E-state index contributed by atoms with van der Waals surface area (Å²) in [7, 11) is 0. The average Bonchev–Trinajstić information content (AvgIpc) is 2.31. The Morgan fingerprint density at radius 2 is 2.50 bits per heavy atom. The van der Waals surface area contributed by atoms with Gasteiger partial charge in [0.05, 0.1) is 0 Å². The lowest BCUT2D eigenvalue weighted by atomic mass is 10.1. The zero-order valence-electron chi connectivity index (χ0n) is 5.40. The van der Waals surface area contributed by atoms with Crippen LogP contribution in [0.1, 0.15) is 0 Å². The van der Waals surface area contributed by atoms with E-state index in [0.29, 0.717) is 6.01 Å². The van der Waals surface area contributed by atoms with Crippen molar-refractivity contribution < 1.29 is 4.42 Å². The summed E-state index contributed by atoms with van der Waals surface area (Å²) in [6.45, 7) is 1.64. The van der Waals surface area contributed by atoms with Crippen LogP contribution < -0.4 is 10.6 Å². The first-order valence-corrected chi connectivity index (χ1v) is 3.13. The van der Waals surface area contributed by atoms with Gasteiger partial charge in [-0.2, -0.15) is 0 Å². The third-order valence-electron chi connectivity index (χ3n) is 1.53. The van der Waals surface area contributed by atoms with Crippen molar-refractivity contribution in [1.29, 1.82) is 0 Å². The first-order valence-electron chi connectivity index (χ1n) is 3.13. The third-order valence-corrected chi connectivity index (χ3v) is 1.53. The number of hydrogen-bond acceptors (Lipinski definition) is 5. The van der Waals surface area contributed by atoms with Gasteiger partial charge in [0.1, 0.15) is 0 Å². The summed E-state index contributed by atoms with van der Waals surface area (Å²) in [5.41, 5.74) is 5.54. The lowest BCUT2D eigenvalue weighted by Gasteiger charge is -2.34. The SMILES string of the molecule is NC1CN(c2nnco2)C1. The van der Waals surface area contributed by atoms with Gasteiger partial charge >= 0.3 is 6.01 Å². The minimum Gasteiger partial charge on any atom is -0.411 e. The molecule has 1 aromatic rings. The zero-order chi connectivity index (χ0) is 6.97. The number of aromatic nitrogens is 2. The molecule has 0 unspecified atom stereocenters. The molecule has 0 aliphatic carbocycles. The third kappa shape index (κ3) is 0.750. The van der Waals surface area contributed by atoms with E-state index in [0.717, 1.165) is 13.1 Å². The van der Waals surface area contributed by atoms with Crippen molar-refractivity contribution in [2.75, 3.05) is 18.0 Å². The molecule has 0 radical (unpaired) electrons. The van der Waals surface area contributed by atoms with E-state index < -0.39 is 0 Å². The van der Waals surface area contributed by atoms with Gasteiger partial charge in [0.2, 0.25) is 6.39 Å². The lowest BCUT2D eigenvalue weighted by Crippen LogP contribution is -2.56. The molecule has 0 bridgehead atoms. The summed E-state index contributed by atoms with van der Waals surface area (Å²) >= 11 is 0. The van der Waals surface area contributed by atoms with Crippen LogP contribution in [0.2, 0.25) is 0 Å². The monoisotopic (exact) mass is 140 g/mol. The Balaban J connectivity index is 2.04. The van der Waals surface area contributed by atoms with Gasteiger partial charge in [0, 0.05) is 19.1 Å². The van der Waals surface area contributed by atoms with Crippen LogP contribution in [0.15, 0.2) is 10.8 Å². The summed E-state index contributed by atoms with van der Waals surface area (Å²) in [5, 5.41) is 7.28. The molecular weight excluding hydrogens is 132 g/mol. The molecule has 0 aromatic carbocycles. The van der Waals surface area contributed by atoms with Crippen LogP contribution in [0, 0.1) is 0 Å². The van der Waals surface area contributed by atoms with E-state index in [2.05, 4.69) is 10.2 Å². The van der Waals surface area contributed by atoms with Gasteiger partial charge in [-0.1, -0.05) is 5.10 Å². The van der Waals surface area contributed by atoms with Crippen molar-refractivity contribution in [3.8, 4) is 0 Å². The molecule has 1 aliphatic heterocycles. The summed E-state index contributed by atoms with van der Waals surface area (Å²) in [6.07, 6.45) is 1.32. The van der Waals surface area contributed by atoms with Crippen LogP contribution in [0.5, 0.6) is 0 Å². The highest BCUT2D eigenvalue weighted by Crippen LogP contribution is 2.15. The van der Waals surface area contributed by atoms with Crippen molar-refractivity contribution in [2.24, 2.45) is 5.73 Å². The van der Waals surface area contributed by atoms with Crippen LogP contribution in [0.25, 0.3) is 0 Å². The minimum atomic E-state index is 0.270. The zero-order valence-corrected chi connectivity index (χ0v) is 5.40. The van der Waals surface area contributed by atoms with Crippen molar-refractivity contribution in [1.82, 2.24) is 10.2 Å². The molecule has 0 spiro atoms. The number of nitrogens with zero attached hydrogens (tertiary/aromatic N) is 3. The van der Waals surface area contributed by atoms with Crippen LogP contribution in [0.4, 0.5) is 6.01 Å². The quantitative estimate of drug-likeness (QED) is 0.554. The molecular formula is C5H8N4O. The fraction of sp³-hybridized carbons (Fsp3) is 0.600. The average molecular weight is 140 g/mol. The summed E-state index contributed by atoms with van der Waals surface area (Å²) in [4.78, 5) is 1.94. The Labute approximate surface area is 57.8 Å². The summed E-state index contributed by atoms with van der Waals surface area (Å²) in [5.74, 6) is 0. The predicted molar refractivity (Wildman–Crippen MR) is 34.5 cm³/mol. The smallest absolute Gasteiger partial charge is 0.318 e. The van der Waals surface area contributed by atoms with Gasteiger partial charge < -0.3 is 15.1 Å². The topological polar surface area (TPSA) is 68.2 Å². The van der Waals surface area contributed by atoms with E-state index in [-0.39, 0.29) is 6.04 Å². The molecule has 5 heteroatoms. The highest BCUT2D eigenvalue weighted by Gasteiger charge is 2.26. The van der Waals surface area contributed by atoms with E-state index in [1.165, 1.54) is 6.39 Å². The second-order valence-corrected chi connectivity index (χ2v) is 2.39. The number of rotatable bonds is 1. The maximum absolute atomic E-state index is 5.54.